The number of nitrogens with one attached hydrogen (secondary N) is 1. The molecule has 0 atom stereocenters. The van der Waals surface area contributed by atoms with E-state index < -0.39 is 0 Å². The summed E-state index contributed by atoms with van der Waals surface area (Å²) in [6.07, 6.45) is 0. The second-order valence-corrected chi connectivity index (χ2v) is 6.22. The number of carbonyl (C=O) groups is 1. The fourth-order valence-electron chi connectivity index (χ4n) is 3.06. The summed E-state index contributed by atoms with van der Waals surface area (Å²) in [5.74, 6) is 0.539. The van der Waals surface area contributed by atoms with Crippen LogP contribution in [0.4, 0.5) is 15.8 Å². The van der Waals surface area contributed by atoms with E-state index in [1.165, 1.54) is 6.07 Å². The number of anilines is 2. The number of hydrogen-bond donors (Lipinski definition) is 1. The lowest BCUT2D eigenvalue weighted by atomic mass is 10.2. The highest BCUT2D eigenvalue weighted by molar-refractivity contribution is 5.92. The predicted molar refractivity (Wildman–Crippen MR) is 101 cm³/mol. The average Bonchev–Trinajstić information content (AvgIpc) is 2.65. The first kappa shape index (κ1) is 18.2. The first-order valence-electron chi connectivity index (χ1n) is 8.90. The van der Waals surface area contributed by atoms with Crippen LogP contribution in [0.15, 0.2) is 48.5 Å². The molecule has 0 spiro atoms. The molecule has 2 aromatic carbocycles. The molecule has 1 amide bonds. The van der Waals surface area contributed by atoms with Crippen molar-refractivity contribution < 1.29 is 13.9 Å². The van der Waals surface area contributed by atoms with Crippen molar-refractivity contribution in [3.8, 4) is 5.75 Å². The molecule has 5 nitrogen and oxygen atoms in total. The minimum absolute atomic E-state index is 0.0477. The van der Waals surface area contributed by atoms with Gasteiger partial charge in [0.1, 0.15) is 11.6 Å². The van der Waals surface area contributed by atoms with Gasteiger partial charge in [-0.2, -0.15) is 0 Å². The molecule has 0 aliphatic carbocycles. The molecule has 6 heteroatoms. The molecule has 138 valence electrons. The molecule has 0 radical (unpaired) electrons. The van der Waals surface area contributed by atoms with Crippen molar-refractivity contribution in [1.82, 2.24) is 4.90 Å². The van der Waals surface area contributed by atoms with Gasteiger partial charge in [0.05, 0.1) is 18.8 Å². The molecule has 1 aliphatic rings. The molecule has 3 rings (SSSR count). The molecule has 0 aromatic heterocycles. The number of para-hydroxylation sites is 1. The van der Waals surface area contributed by atoms with Crippen LogP contribution >= 0.6 is 0 Å². The second-order valence-electron chi connectivity index (χ2n) is 6.22. The highest BCUT2D eigenvalue weighted by Crippen LogP contribution is 2.20. The Labute approximate surface area is 153 Å². The summed E-state index contributed by atoms with van der Waals surface area (Å²) in [7, 11) is 0. The summed E-state index contributed by atoms with van der Waals surface area (Å²) in [5.41, 5.74) is 1.38. The van der Waals surface area contributed by atoms with E-state index in [1.807, 2.05) is 42.2 Å². The van der Waals surface area contributed by atoms with Crippen LogP contribution in [0.25, 0.3) is 0 Å². The Morgan fingerprint density at radius 3 is 2.42 bits per heavy atom. The van der Waals surface area contributed by atoms with Gasteiger partial charge in [0.2, 0.25) is 5.91 Å². The van der Waals surface area contributed by atoms with Crippen LogP contribution in [0, 0.1) is 5.82 Å². The smallest absolute Gasteiger partial charge is 0.238 e. The summed E-state index contributed by atoms with van der Waals surface area (Å²) in [5, 5.41) is 2.90. The van der Waals surface area contributed by atoms with Crippen LogP contribution in [-0.2, 0) is 4.79 Å². The van der Waals surface area contributed by atoms with E-state index in [-0.39, 0.29) is 11.7 Å². The van der Waals surface area contributed by atoms with Crippen LogP contribution in [-0.4, -0.2) is 50.1 Å². The molecule has 0 saturated carbocycles. The van der Waals surface area contributed by atoms with Crippen molar-refractivity contribution in [2.45, 2.75) is 6.92 Å². The molecule has 1 fully saturated rings. The first-order chi connectivity index (χ1) is 12.7. The van der Waals surface area contributed by atoms with Gasteiger partial charge in [0.25, 0.3) is 0 Å². The lowest BCUT2D eigenvalue weighted by molar-refractivity contribution is -0.117. The van der Waals surface area contributed by atoms with Gasteiger partial charge in [-0.3, -0.25) is 9.69 Å². The van der Waals surface area contributed by atoms with Crippen molar-refractivity contribution in [3.05, 3.63) is 54.3 Å². The van der Waals surface area contributed by atoms with E-state index >= 15 is 0 Å². The monoisotopic (exact) mass is 357 g/mol. The molecule has 2 aromatic rings. The van der Waals surface area contributed by atoms with Crippen LogP contribution in [0.2, 0.25) is 0 Å². The third-order valence-electron chi connectivity index (χ3n) is 4.38. The number of ether oxygens (including phenoxy) is 1. The number of rotatable bonds is 6. The summed E-state index contributed by atoms with van der Waals surface area (Å²) in [6, 6.07) is 14.2. The van der Waals surface area contributed by atoms with Gasteiger partial charge in [0.15, 0.2) is 0 Å². The van der Waals surface area contributed by atoms with E-state index in [2.05, 4.69) is 10.2 Å². The number of amides is 1. The second kappa shape index (κ2) is 8.67. The fraction of sp³-hybridized carbons (Fsp3) is 0.350. The molecule has 1 aliphatic heterocycles. The lowest BCUT2D eigenvalue weighted by Crippen LogP contribution is -2.48. The van der Waals surface area contributed by atoms with Crippen LogP contribution in [0.3, 0.4) is 0 Å². The predicted octanol–water partition coefficient (Wildman–Crippen LogP) is 2.99. The molecule has 0 bridgehead atoms. The number of carbonyl (C=O) groups excluding carboxylic acids is 1. The Balaban J connectivity index is 1.46. The first-order valence-corrected chi connectivity index (χ1v) is 8.90. The van der Waals surface area contributed by atoms with Crippen LogP contribution < -0.4 is 15.0 Å². The zero-order valence-electron chi connectivity index (χ0n) is 15.0. The number of halogens is 1. The fourth-order valence-corrected chi connectivity index (χ4v) is 3.06. The largest absolute Gasteiger partial charge is 0.494 e. The zero-order valence-corrected chi connectivity index (χ0v) is 15.0. The maximum absolute atomic E-state index is 13.9. The van der Waals surface area contributed by atoms with Crippen molar-refractivity contribution >= 4 is 17.3 Å². The molecular formula is C20H24FN3O2. The van der Waals surface area contributed by atoms with Crippen LogP contribution in [0.1, 0.15) is 6.92 Å². The summed E-state index contributed by atoms with van der Waals surface area (Å²) in [6.45, 7) is 5.75. The molecule has 26 heavy (non-hydrogen) atoms. The van der Waals surface area contributed by atoms with Crippen molar-refractivity contribution in [1.29, 1.82) is 0 Å². The van der Waals surface area contributed by atoms with Crippen molar-refractivity contribution in [2.24, 2.45) is 0 Å². The van der Waals surface area contributed by atoms with Crippen molar-refractivity contribution in [2.75, 3.05) is 49.5 Å². The third kappa shape index (κ3) is 4.73. The van der Waals surface area contributed by atoms with Crippen LogP contribution in [0.5, 0.6) is 5.75 Å². The summed E-state index contributed by atoms with van der Waals surface area (Å²) in [4.78, 5) is 16.3. The Morgan fingerprint density at radius 1 is 1.08 bits per heavy atom. The van der Waals surface area contributed by atoms with E-state index in [9.17, 15) is 9.18 Å². The van der Waals surface area contributed by atoms with Gasteiger partial charge in [-0.15, -0.1) is 0 Å². The Morgan fingerprint density at radius 2 is 1.77 bits per heavy atom. The average molecular weight is 357 g/mol. The quantitative estimate of drug-likeness (QED) is 0.863. The Hall–Kier alpha value is -2.60. The molecule has 1 N–H and O–H groups in total. The minimum atomic E-state index is -0.200. The zero-order chi connectivity index (χ0) is 18.4. The molecule has 1 heterocycles. The van der Waals surface area contributed by atoms with E-state index in [0.29, 0.717) is 31.9 Å². The molecule has 1 saturated heterocycles. The van der Waals surface area contributed by atoms with Gasteiger partial charge in [-0.1, -0.05) is 12.1 Å². The van der Waals surface area contributed by atoms with E-state index in [4.69, 9.17) is 4.74 Å². The summed E-state index contributed by atoms with van der Waals surface area (Å²) >= 11 is 0. The summed E-state index contributed by atoms with van der Waals surface area (Å²) < 4.78 is 19.3. The topological polar surface area (TPSA) is 44.8 Å². The van der Waals surface area contributed by atoms with E-state index in [0.717, 1.165) is 24.5 Å². The Kier molecular flexibility index (Phi) is 6.07. The van der Waals surface area contributed by atoms with Gasteiger partial charge in [0, 0.05) is 31.9 Å². The maximum Gasteiger partial charge on any atom is 0.238 e. The standard InChI is InChI=1S/C20H24FN3O2/c1-2-26-17-9-7-16(8-10-17)22-20(25)15-23-11-13-24(14-12-23)19-6-4-3-5-18(19)21/h3-10H,2,11-15H2,1H3,(H,22,25). The number of benzene rings is 2. The minimum Gasteiger partial charge on any atom is -0.494 e. The third-order valence-corrected chi connectivity index (χ3v) is 4.38. The number of piperazine rings is 1. The highest BCUT2D eigenvalue weighted by Gasteiger charge is 2.20. The van der Waals surface area contributed by atoms with Gasteiger partial charge < -0.3 is 15.0 Å². The number of nitrogens with zero attached hydrogens (tertiary/aromatic N) is 2. The van der Waals surface area contributed by atoms with Gasteiger partial charge in [-0.25, -0.2) is 4.39 Å². The van der Waals surface area contributed by atoms with Gasteiger partial charge in [-0.05, 0) is 43.3 Å². The number of hydrogen-bond acceptors (Lipinski definition) is 4. The normalized spacial score (nSPS) is 14.9. The lowest BCUT2D eigenvalue weighted by Gasteiger charge is -2.35. The maximum atomic E-state index is 13.9. The molecular weight excluding hydrogens is 333 g/mol. The Bertz CT molecular complexity index is 728. The van der Waals surface area contributed by atoms with Gasteiger partial charge >= 0.3 is 0 Å². The van der Waals surface area contributed by atoms with Crippen molar-refractivity contribution in [3.63, 3.8) is 0 Å². The van der Waals surface area contributed by atoms with E-state index in [1.54, 1.807) is 12.1 Å². The SMILES string of the molecule is CCOc1ccc(NC(=O)CN2CCN(c3ccccc3F)CC2)cc1. The highest BCUT2D eigenvalue weighted by atomic mass is 19.1. The molecule has 0 unspecified atom stereocenters.